The van der Waals surface area contributed by atoms with Gasteiger partial charge in [-0.3, -0.25) is 4.90 Å². The van der Waals surface area contributed by atoms with E-state index in [0.29, 0.717) is 10.0 Å². The fourth-order valence-electron chi connectivity index (χ4n) is 2.85. The van der Waals surface area contributed by atoms with Gasteiger partial charge in [0, 0.05) is 35.9 Å². The molecule has 6 nitrogen and oxygen atoms in total. The maximum atomic E-state index is 6.27. The van der Waals surface area contributed by atoms with E-state index in [4.69, 9.17) is 23.2 Å². The van der Waals surface area contributed by atoms with E-state index in [2.05, 4.69) is 29.6 Å². The van der Waals surface area contributed by atoms with E-state index < -0.39 is 0 Å². The summed E-state index contributed by atoms with van der Waals surface area (Å²) in [6, 6.07) is 7.45. The molecular formula is C16H14Cl2N6. The van der Waals surface area contributed by atoms with Crippen LogP contribution in [0.25, 0.3) is 11.5 Å². The molecule has 8 heteroatoms. The van der Waals surface area contributed by atoms with Crippen molar-refractivity contribution in [1.29, 1.82) is 0 Å². The smallest absolute Gasteiger partial charge is 0.182 e. The van der Waals surface area contributed by atoms with Crippen molar-refractivity contribution in [2.24, 2.45) is 0 Å². The van der Waals surface area contributed by atoms with Gasteiger partial charge in [0.05, 0.1) is 6.54 Å². The lowest BCUT2D eigenvalue weighted by molar-refractivity contribution is 0.209. The summed E-state index contributed by atoms with van der Waals surface area (Å²) < 4.78 is 2.11. The Morgan fingerprint density at radius 3 is 2.79 bits per heavy atom. The standard InChI is InChI=1S/C16H14Cl2N6/c17-12-2-1-11(13(18)7-12)8-23-5-6-24-15(9-23)21-22-16(24)14-3-4-19-10-20-14/h1-4,7,10H,5-6,8-9H2. The summed E-state index contributed by atoms with van der Waals surface area (Å²) in [6.45, 7) is 3.18. The van der Waals surface area contributed by atoms with Crippen LogP contribution in [0.1, 0.15) is 11.4 Å². The van der Waals surface area contributed by atoms with Crippen LogP contribution < -0.4 is 0 Å². The van der Waals surface area contributed by atoms with E-state index in [0.717, 1.165) is 49.1 Å². The summed E-state index contributed by atoms with van der Waals surface area (Å²) in [5, 5.41) is 9.95. The van der Waals surface area contributed by atoms with Crippen molar-refractivity contribution in [1.82, 2.24) is 29.6 Å². The number of hydrogen-bond acceptors (Lipinski definition) is 5. The first-order valence-corrected chi connectivity index (χ1v) is 8.31. The highest BCUT2D eigenvalue weighted by atomic mass is 35.5. The van der Waals surface area contributed by atoms with Gasteiger partial charge in [-0.05, 0) is 23.8 Å². The molecule has 0 unspecified atom stereocenters. The molecule has 3 aromatic rings. The first kappa shape index (κ1) is 15.5. The quantitative estimate of drug-likeness (QED) is 0.718. The third-order valence-corrected chi connectivity index (χ3v) is 4.64. The second-order valence-electron chi connectivity index (χ2n) is 5.63. The molecule has 0 saturated heterocycles. The summed E-state index contributed by atoms with van der Waals surface area (Å²) in [5.41, 5.74) is 1.85. The largest absolute Gasteiger partial charge is 0.307 e. The van der Waals surface area contributed by atoms with Gasteiger partial charge in [-0.1, -0.05) is 29.3 Å². The van der Waals surface area contributed by atoms with E-state index >= 15 is 0 Å². The Balaban J connectivity index is 1.54. The Morgan fingerprint density at radius 1 is 1.08 bits per heavy atom. The van der Waals surface area contributed by atoms with E-state index in [1.807, 2.05) is 18.2 Å². The van der Waals surface area contributed by atoms with Gasteiger partial charge >= 0.3 is 0 Å². The lowest BCUT2D eigenvalue weighted by Gasteiger charge is -2.28. The molecule has 1 aliphatic rings. The summed E-state index contributed by atoms with van der Waals surface area (Å²) in [6.07, 6.45) is 3.23. The zero-order valence-corrected chi connectivity index (χ0v) is 14.2. The molecule has 24 heavy (non-hydrogen) atoms. The molecule has 0 atom stereocenters. The zero-order chi connectivity index (χ0) is 16.5. The van der Waals surface area contributed by atoms with Crippen molar-refractivity contribution in [3.63, 3.8) is 0 Å². The average molecular weight is 361 g/mol. The lowest BCUT2D eigenvalue weighted by Crippen LogP contribution is -2.33. The van der Waals surface area contributed by atoms with Crippen molar-refractivity contribution in [3.8, 4) is 11.5 Å². The minimum atomic E-state index is 0.650. The van der Waals surface area contributed by atoms with Crippen LogP contribution >= 0.6 is 23.2 Å². The van der Waals surface area contributed by atoms with Crippen LogP contribution in [-0.4, -0.2) is 36.2 Å². The number of nitrogens with zero attached hydrogens (tertiary/aromatic N) is 6. The Hall–Kier alpha value is -2.02. The van der Waals surface area contributed by atoms with Crippen molar-refractivity contribution < 1.29 is 0 Å². The summed E-state index contributed by atoms with van der Waals surface area (Å²) in [7, 11) is 0. The second kappa shape index (κ2) is 6.47. The summed E-state index contributed by atoms with van der Waals surface area (Å²) in [4.78, 5) is 10.5. The Bertz CT molecular complexity index is 864. The highest BCUT2D eigenvalue weighted by Gasteiger charge is 2.22. The normalized spacial score (nSPS) is 14.6. The maximum absolute atomic E-state index is 6.27. The minimum absolute atomic E-state index is 0.650. The van der Waals surface area contributed by atoms with Crippen molar-refractivity contribution in [2.75, 3.05) is 6.54 Å². The molecule has 2 aromatic heterocycles. The third kappa shape index (κ3) is 3.00. The van der Waals surface area contributed by atoms with Gasteiger partial charge in [-0.15, -0.1) is 10.2 Å². The van der Waals surface area contributed by atoms with Gasteiger partial charge < -0.3 is 4.57 Å². The van der Waals surface area contributed by atoms with Gasteiger partial charge in [-0.2, -0.15) is 0 Å². The van der Waals surface area contributed by atoms with Crippen LogP contribution in [0.3, 0.4) is 0 Å². The third-order valence-electron chi connectivity index (χ3n) is 4.05. The Kier molecular flexibility index (Phi) is 4.18. The molecule has 0 fully saturated rings. The number of hydrogen-bond donors (Lipinski definition) is 0. The fraction of sp³-hybridized carbons (Fsp3) is 0.250. The number of halogens is 2. The lowest BCUT2D eigenvalue weighted by atomic mass is 10.2. The van der Waals surface area contributed by atoms with Gasteiger partial charge in [0.2, 0.25) is 0 Å². The molecule has 1 aliphatic heterocycles. The molecule has 122 valence electrons. The second-order valence-corrected chi connectivity index (χ2v) is 6.48. The predicted molar refractivity (Wildman–Crippen MR) is 91.6 cm³/mol. The SMILES string of the molecule is Clc1ccc(CN2CCn3c(nnc3-c3ccncn3)C2)c(Cl)c1. The maximum Gasteiger partial charge on any atom is 0.182 e. The molecule has 0 aliphatic carbocycles. The monoisotopic (exact) mass is 360 g/mol. The molecule has 4 rings (SSSR count). The van der Waals surface area contributed by atoms with Crippen molar-refractivity contribution in [3.05, 3.63) is 58.2 Å². The van der Waals surface area contributed by atoms with Crippen LogP contribution in [0.4, 0.5) is 0 Å². The minimum Gasteiger partial charge on any atom is -0.307 e. The topological polar surface area (TPSA) is 59.7 Å². The van der Waals surface area contributed by atoms with Gasteiger partial charge in [0.1, 0.15) is 17.8 Å². The molecule has 0 N–H and O–H groups in total. The average Bonchev–Trinajstić information content (AvgIpc) is 3.01. The van der Waals surface area contributed by atoms with E-state index in [9.17, 15) is 0 Å². The predicted octanol–water partition coefficient (Wildman–Crippen LogP) is 3.06. The Labute approximate surface area is 149 Å². The molecule has 1 aromatic carbocycles. The van der Waals surface area contributed by atoms with Gasteiger partial charge in [-0.25, -0.2) is 9.97 Å². The van der Waals surface area contributed by atoms with Gasteiger partial charge in [0.25, 0.3) is 0 Å². The fourth-order valence-corrected chi connectivity index (χ4v) is 3.31. The van der Waals surface area contributed by atoms with Crippen LogP contribution in [0.15, 0.2) is 36.8 Å². The first-order valence-electron chi connectivity index (χ1n) is 7.55. The molecular weight excluding hydrogens is 347 g/mol. The number of fused-ring (bicyclic) bond motifs is 1. The molecule has 0 amide bonds. The number of rotatable bonds is 3. The van der Waals surface area contributed by atoms with Crippen LogP contribution in [0.2, 0.25) is 10.0 Å². The highest BCUT2D eigenvalue weighted by molar-refractivity contribution is 6.35. The van der Waals surface area contributed by atoms with Gasteiger partial charge in [0.15, 0.2) is 5.82 Å². The molecule has 3 heterocycles. The van der Waals surface area contributed by atoms with Crippen LogP contribution in [0, 0.1) is 0 Å². The van der Waals surface area contributed by atoms with Crippen LogP contribution in [-0.2, 0) is 19.6 Å². The molecule has 0 radical (unpaired) electrons. The van der Waals surface area contributed by atoms with Crippen molar-refractivity contribution >= 4 is 23.2 Å². The summed E-state index contributed by atoms with van der Waals surface area (Å²) in [5.74, 6) is 1.72. The Morgan fingerprint density at radius 2 is 2.00 bits per heavy atom. The first-order chi connectivity index (χ1) is 11.7. The highest BCUT2D eigenvalue weighted by Crippen LogP contribution is 2.25. The molecule has 0 bridgehead atoms. The van der Waals surface area contributed by atoms with Crippen LogP contribution in [0.5, 0.6) is 0 Å². The number of benzene rings is 1. The van der Waals surface area contributed by atoms with Crippen molar-refractivity contribution in [2.45, 2.75) is 19.6 Å². The molecule has 0 saturated carbocycles. The number of aromatic nitrogens is 5. The van der Waals surface area contributed by atoms with E-state index in [1.165, 1.54) is 6.33 Å². The zero-order valence-electron chi connectivity index (χ0n) is 12.7. The summed E-state index contributed by atoms with van der Waals surface area (Å²) >= 11 is 12.2. The van der Waals surface area contributed by atoms with E-state index in [1.54, 1.807) is 12.3 Å². The van der Waals surface area contributed by atoms with E-state index in [-0.39, 0.29) is 0 Å². The molecule has 0 spiro atoms.